The van der Waals surface area contributed by atoms with Crippen LogP contribution in [0.25, 0.3) is 0 Å². The van der Waals surface area contributed by atoms with E-state index in [0.717, 1.165) is 31.2 Å². The molecule has 0 amide bonds. The molecule has 1 aromatic rings. The summed E-state index contributed by atoms with van der Waals surface area (Å²) in [6.07, 6.45) is 4.41. The molecule has 0 aliphatic heterocycles. The topological polar surface area (TPSA) is 81.4 Å². The van der Waals surface area contributed by atoms with E-state index in [1.807, 2.05) is 6.92 Å². The van der Waals surface area contributed by atoms with E-state index in [-0.39, 0.29) is 10.9 Å². The van der Waals surface area contributed by atoms with Crippen LogP contribution < -0.4 is 15.2 Å². The molecule has 1 saturated carbocycles. The molecule has 1 unspecified atom stereocenters. The Bertz CT molecular complexity index is 581. The third-order valence-electron chi connectivity index (χ3n) is 4.21. The van der Waals surface area contributed by atoms with E-state index in [9.17, 15) is 8.42 Å². The van der Waals surface area contributed by atoms with Gasteiger partial charge in [-0.25, -0.2) is 13.1 Å². The van der Waals surface area contributed by atoms with E-state index >= 15 is 0 Å². The summed E-state index contributed by atoms with van der Waals surface area (Å²) in [5.41, 5.74) is 6.56. The number of benzene rings is 1. The highest BCUT2D eigenvalue weighted by Crippen LogP contribution is 2.28. The molecule has 0 aromatic heterocycles. The van der Waals surface area contributed by atoms with Crippen LogP contribution in [-0.4, -0.2) is 28.1 Å². The molecule has 21 heavy (non-hydrogen) atoms. The first-order chi connectivity index (χ1) is 9.97. The molecule has 0 spiro atoms. The summed E-state index contributed by atoms with van der Waals surface area (Å²) in [4.78, 5) is 0.261. The van der Waals surface area contributed by atoms with E-state index in [0.29, 0.717) is 18.2 Å². The van der Waals surface area contributed by atoms with Crippen molar-refractivity contribution in [2.45, 2.75) is 43.5 Å². The SMILES string of the molecule is COc1ccc(S(=O)(=O)NC(CN)C2CCCC2)cc1C. The minimum absolute atomic E-state index is 0.181. The minimum atomic E-state index is -3.54. The van der Waals surface area contributed by atoms with Crippen molar-refractivity contribution < 1.29 is 13.2 Å². The maximum atomic E-state index is 12.5. The van der Waals surface area contributed by atoms with Gasteiger partial charge in [-0.15, -0.1) is 0 Å². The zero-order chi connectivity index (χ0) is 15.5. The summed E-state index contributed by atoms with van der Waals surface area (Å²) in [7, 11) is -1.97. The van der Waals surface area contributed by atoms with E-state index in [1.165, 1.54) is 0 Å². The number of nitrogens with one attached hydrogen (secondary N) is 1. The summed E-state index contributed by atoms with van der Waals surface area (Å²) >= 11 is 0. The Morgan fingerprint density at radius 2 is 2.05 bits per heavy atom. The Kier molecular flexibility index (Phi) is 5.24. The van der Waals surface area contributed by atoms with Crippen LogP contribution >= 0.6 is 0 Å². The molecule has 1 fully saturated rings. The number of sulfonamides is 1. The number of methoxy groups -OCH3 is 1. The van der Waals surface area contributed by atoms with Crippen LogP contribution in [0.15, 0.2) is 23.1 Å². The number of nitrogens with two attached hydrogens (primary N) is 1. The van der Waals surface area contributed by atoms with Crippen molar-refractivity contribution in [3.8, 4) is 5.75 Å². The molecule has 0 heterocycles. The second kappa shape index (κ2) is 6.77. The van der Waals surface area contributed by atoms with Gasteiger partial charge in [0.2, 0.25) is 10.0 Å². The molecule has 1 atom stereocenters. The predicted molar refractivity (Wildman–Crippen MR) is 82.9 cm³/mol. The van der Waals surface area contributed by atoms with Crippen molar-refractivity contribution in [1.82, 2.24) is 4.72 Å². The minimum Gasteiger partial charge on any atom is -0.496 e. The molecular weight excluding hydrogens is 288 g/mol. The van der Waals surface area contributed by atoms with Crippen molar-refractivity contribution in [2.24, 2.45) is 11.7 Å². The van der Waals surface area contributed by atoms with Gasteiger partial charge in [0.15, 0.2) is 0 Å². The first kappa shape index (κ1) is 16.3. The highest BCUT2D eigenvalue weighted by molar-refractivity contribution is 7.89. The summed E-state index contributed by atoms with van der Waals surface area (Å²) in [6, 6.07) is 4.69. The highest BCUT2D eigenvalue weighted by Gasteiger charge is 2.28. The zero-order valence-electron chi connectivity index (χ0n) is 12.6. The standard InChI is InChI=1S/C15H24N2O3S/c1-11-9-13(7-8-15(11)20-2)21(18,19)17-14(10-16)12-5-3-4-6-12/h7-9,12,14,17H,3-6,10,16H2,1-2H3. The number of aryl methyl sites for hydroxylation is 1. The third-order valence-corrected chi connectivity index (χ3v) is 5.69. The molecule has 5 nitrogen and oxygen atoms in total. The fourth-order valence-corrected chi connectivity index (χ4v) is 4.38. The van der Waals surface area contributed by atoms with E-state index in [4.69, 9.17) is 10.5 Å². The molecule has 3 N–H and O–H groups in total. The Labute approximate surface area is 126 Å². The Morgan fingerprint density at radius 1 is 1.38 bits per heavy atom. The van der Waals surface area contributed by atoms with Gasteiger partial charge in [-0.2, -0.15) is 0 Å². The Morgan fingerprint density at radius 3 is 2.57 bits per heavy atom. The first-order valence-corrected chi connectivity index (χ1v) is 8.83. The molecule has 2 rings (SSSR count). The summed E-state index contributed by atoms with van der Waals surface area (Å²) in [6.45, 7) is 2.16. The average Bonchev–Trinajstić information content (AvgIpc) is 2.98. The van der Waals surface area contributed by atoms with Crippen LogP contribution in [0.5, 0.6) is 5.75 Å². The fraction of sp³-hybridized carbons (Fsp3) is 0.600. The summed E-state index contributed by atoms with van der Waals surface area (Å²) < 4.78 is 32.9. The maximum Gasteiger partial charge on any atom is 0.240 e. The van der Waals surface area contributed by atoms with Crippen LogP contribution in [0.1, 0.15) is 31.2 Å². The van der Waals surface area contributed by atoms with Gasteiger partial charge in [0, 0.05) is 12.6 Å². The van der Waals surface area contributed by atoms with E-state index in [1.54, 1.807) is 25.3 Å². The second-order valence-electron chi connectivity index (χ2n) is 5.64. The number of rotatable bonds is 6. The van der Waals surface area contributed by atoms with Gasteiger partial charge in [-0.3, -0.25) is 0 Å². The largest absolute Gasteiger partial charge is 0.496 e. The molecule has 6 heteroatoms. The van der Waals surface area contributed by atoms with Crippen LogP contribution in [0.4, 0.5) is 0 Å². The molecule has 1 aliphatic carbocycles. The van der Waals surface area contributed by atoms with Crippen molar-refractivity contribution in [1.29, 1.82) is 0 Å². The van der Waals surface area contributed by atoms with Crippen LogP contribution in [0.3, 0.4) is 0 Å². The van der Waals surface area contributed by atoms with E-state index < -0.39 is 10.0 Å². The lowest BCUT2D eigenvalue weighted by molar-refractivity contribution is 0.405. The zero-order valence-corrected chi connectivity index (χ0v) is 13.4. The monoisotopic (exact) mass is 312 g/mol. The third kappa shape index (κ3) is 3.75. The van der Waals surface area contributed by atoms with Gasteiger partial charge in [-0.1, -0.05) is 12.8 Å². The normalized spacial score (nSPS) is 17.9. The van der Waals surface area contributed by atoms with Gasteiger partial charge in [-0.05, 0) is 49.4 Å². The molecule has 0 bridgehead atoms. The molecule has 1 aliphatic rings. The maximum absolute atomic E-state index is 12.5. The van der Waals surface area contributed by atoms with Gasteiger partial charge in [0.25, 0.3) is 0 Å². The molecular formula is C15H24N2O3S. The second-order valence-corrected chi connectivity index (χ2v) is 7.35. The van der Waals surface area contributed by atoms with Gasteiger partial charge >= 0.3 is 0 Å². The first-order valence-electron chi connectivity index (χ1n) is 7.35. The summed E-state index contributed by atoms with van der Waals surface area (Å²) in [5.74, 6) is 1.03. The lowest BCUT2D eigenvalue weighted by Crippen LogP contribution is -2.44. The number of hydrogen-bond acceptors (Lipinski definition) is 4. The van der Waals surface area contributed by atoms with Crippen LogP contribution in [0, 0.1) is 12.8 Å². The predicted octanol–water partition coefficient (Wildman–Crippen LogP) is 1.80. The van der Waals surface area contributed by atoms with Crippen molar-refractivity contribution in [3.63, 3.8) is 0 Å². The number of hydrogen-bond donors (Lipinski definition) is 2. The summed E-state index contributed by atoms with van der Waals surface area (Å²) in [5, 5.41) is 0. The molecule has 1 aromatic carbocycles. The van der Waals surface area contributed by atoms with Crippen LogP contribution in [-0.2, 0) is 10.0 Å². The molecule has 0 saturated heterocycles. The van der Waals surface area contributed by atoms with Gasteiger partial charge in [0.1, 0.15) is 5.75 Å². The van der Waals surface area contributed by atoms with Gasteiger partial charge < -0.3 is 10.5 Å². The lowest BCUT2D eigenvalue weighted by atomic mass is 9.99. The van der Waals surface area contributed by atoms with E-state index in [2.05, 4.69) is 4.72 Å². The lowest BCUT2D eigenvalue weighted by Gasteiger charge is -2.23. The fourth-order valence-electron chi connectivity index (χ4n) is 2.98. The Hall–Kier alpha value is -1.11. The Balaban J connectivity index is 2.18. The molecule has 0 radical (unpaired) electrons. The van der Waals surface area contributed by atoms with Crippen molar-refractivity contribution in [3.05, 3.63) is 23.8 Å². The van der Waals surface area contributed by atoms with Crippen molar-refractivity contribution in [2.75, 3.05) is 13.7 Å². The highest BCUT2D eigenvalue weighted by atomic mass is 32.2. The molecule has 118 valence electrons. The number of ether oxygens (including phenoxy) is 1. The average molecular weight is 312 g/mol. The van der Waals surface area contributed by atoms with Gasteiger partial charge in [0.05, 0.1) is 12.0 Å². The smallest absolute Gasteiger partial charge is 0.240 e. The van der Waals surface area contributed by atoms with Crippen LogP contribution in [0.2, 0.25) is 0 Å². The quantitative estimate of drug-likeness (QED) is 0.839. The van der Waals surface area contributed by atoms with Crippen molar-refractivity contribution >= 4 is 10.0 Å².